The highest BCUT2D eigenvalue weighted by Gasteiger charge is 2.08. The molecule has 0 aliphatic carbocycles. The van der Waals surface area contributed by atoms with Gasteiger partial charge in [-0.25, -0.2) is 9.37 Å². The van der Waals surface area contributed by atoms with Crippen molar-refractivity contribution >= 4 is 34.7 Å². The number of aryl methyl sites for hydroxylation is 1. The van der Waals surface area contributed by atoms with Gasteiger partial charge in [-0.05, 0) is 36.2 Å². The van der Waals surface area contributed by atoms with E-state index in [9.17, 15) is 4.39 Å². The number of rotatable bonds is 2. The molecule has 2 aromatic rings. The summed E-state index contributed by atoms with van der Waals surface area (Å²) in [5.74, 6) is -0.596. The third-order valence-electron chi connectivity index (χ3n) is 2.09. The van der Waals surface area contributed by atoms with Gasteiger partial charge in [-0.2, -0.15) is 4.98 Å². The molecular formula is C11H8Cl2FN3. The molecule has 0 saturated carbocycles. The summed E-state index contributed by atoms with van der Waals surface area (Å²) in [6, 6.07) is 5.37. The molecule has 0 bridgehead atoms. The molecular weight excluding hydrogens is 264 g/mol. The summed E-state index contributed by atoms with van der Waals surface area (Å²) in [7, 11) is 0. The summed E-state index contributed by atoms with van der Waals surface area (Å²) >= 11 is 11.6. The van der Waals surface area contributed by atoms with Gasteiger partial charge >= 0.3 is 0 Å². The van der Waals surface area contributed by atoms with Gasteiger partial charge in [-0.1, -0.05) is 17.7 Å². The van der Waals surface area contributed by atoms with Gasteiger partial charge in [0.25, 0.3) is 0 Å². The number of halogens is 3. The van der Waals surface area contributed by atoms with Crippen LogP contribution in [0, 0.1) is 12.7 Å². The summed E-state index contributed by atoms with van der Waals surface area (Å²) < 4.78 is 13.4. The van der Waals surface area contributed by atoms with Gasteiger partial charge in [-0.3, -0.25) is 0 Å². The van der Waals surface area contributed by atoms with Crippen molar-refractivity contribution in [2.24, 2.45) is 0 Å². The first-order chi connectivity index (χ1) is 8.06. The highest BCUT2D eigenvalue weighted by Crippen LogP contribution is 2.26. The zero-order valence-electron chi connectivity index (χ0n) is 8.84. The lowest BCUT2D eigenvalue weighted by molar-refractivity contribution is 0.619. The van der Waals surface area contributed by atoms with E-state index in [1.54, 1.807) is 12.1 Å². The molecule has 1 aromatic heterocycles. The molecule has 88 valence electrons. The fourth-order valence-corrected chi connectivity index (χ4v) is 1.70. The monoisotopic (exact) mass is 271 g/mol. The van der Waals surface area contributed by atoms with Crippen molar-refractivity contribution in [2.45, 2.75) is 6.92 Å². The Morgan fingerprint density at radius 3 is 2.76 bits per heavy atom. The van der Waals surface area contributed by atoms with Crippen molar-refractivity contribution in [1.82, 2.24) is 9.97 Å². The highest BCUT2D eigenvalue weighted by atomic mass is 35.5. The molecule has 0 amide bonds. The Hall–Kier alpha value is -1.39. The molecule has 0 spiro atoms. The van der Waals surface area contributed by atoms with Crippen LogP contribution < -0.4 is 5.32 Å². The van der Waals surface area contributed by atoms with Gasteiger partial charge in [0.1, 0.15) is 0 Å². The van der Waals surface area contributed by atoms with Crippen LogP contribution in [-0.2, 0) is 0 Å². The van der Waals surface area contributed by atoms with Crippen molar-refractivity contribution in [2.75, 3.05) is 5.32 Å². The maximum absolute atomic E-state index is 13.4. The first-order valence-corrected chi connectivity index (χ1v) is 5.53. The van der Waals surface area contributed by atoms with E-state index in [0.717, 1.165) is 11.8 Å². The van der Waals surface area contributed by atoms with E-state index in [0.29, 0.717) is 10.7 Å². The Morgan fingerprint density at radius 1 is 1.29 bits per heavy atom. The van der Waals surface area contributed by atoms with Gasteiger partial charge in [0.15, 0.2) is 11.6 Å². The Morgan fingerprint density at radius 2 is 2.06 bits per heavy atom. The second-order valence-corrected chi connectivity index (χ2v) is 4.19. The number of nitrogens with one attached hydrogen (secondary N) is 1. The highest BCUT2D eigenvalue weighted by molar-refractivity contribution is 6.33. The molecule has 0 aliphatic heterocycles. The Balaban J connectivity index is 2.34. The molecule has 0 unspecified atom stereocenters. The predicted molar refractivity (Wildman–Crippen MR) is 66.5 cm³/mol. The number of benzene rings is 1. The minimum Gasteiger partial charge on any atom is -0.336 e. The summed E-state index contributed by atoms with van der Waals surface area (Å²) in [5, 5.41) is 3.22. The van der Waals surface area contributed by atoms with Crippen molar-refractivity contribution in [3.63, 3.8) is 0 Å². The summed E-state index contributed by atoms with van der Waals surface area (Å²) in [6.45, 7) is 1.91. The van der Waals surface area contributed by atoms with E-state index >= 15 is 0 Å². The molecule has 1 aromatic carbocycles. The van der Waals surface area contributed by atoms with Crippen LogP contribution in [0.25, 0.3) is 0 Å². The molecule has 0 fully saturated rings. The SMILES string of the molecule is Cc1ccc(Nc2nc(Cl)ncc2F)c(Cl)c1. The molecule has 6 heteroatoms. The second kappa shape index (κ2) is 4.85. The molecule has 1 heterocycles. The lowest BCUT2D eigenvalue weighted by atomic mass is 10.2. The smallest absolute Gasteiger partial charge is 0.224 e. The summed E-state index contributed by atoms with van der Waals surface area (Å²) in [6.07, 6.45) is 1.000. The number of anilines is 2. The molecule has 0 aliphatic rings. The van der Waals surface area contributed by atoms with Crippen LogP contribution in [0.15, 0.2) is 24.4 Å². The zero-order chi connectivity index (χ0) is 12.4. The van der Waals surface area contributed by atoms with E-state index in [1.165, 1.54) is 0 Å². The Kier molecular flexibility index (Phi) is 3.45. The van der Waals surface area contributed by atoms with Gasteiger partial charge in [0.05, 0.1) is 16.9 Å². The largest absolute Gasteiger partial charge is 0.336 e. The van der Waals surface area contributed by atoms with E-state index < -0.39 is 5.82 Å². The van der Waals surface area contributed by atoms with E-state index in [4.69, 9.17) is 23.2 Å². The minimum atomic E-state index is -0.592. The van der Waals surface area contributed by atoms with Gasteiger partial charge in [0, 0.05) is 0 Å². The number of hydrogen-bond acceptors (Lipinski definition) is 3. The first kappa shape index (κ1) is 12.1. The topological polar surface area (TPSA) is 37.8 Å². The van der Waals surface area contributed by atoms with Crippen LogP contribution in [0.4, 0.5) is 15.9 Å². The molecule has 2 rings (SSSR count). The fourth-order valence-electron chi connectivity index (χ4n) is 1.28. The molecule has 1 N–H and O–H groups in total. The number of nitrogens with zero attached hydrogens (tertiary/aromatic N) is 2. The van der Waals surface area contributed by atoms with Crippen molar-refractivity contribution in [3.05, 3.63) is 46.1 Å². The van der Waals surface area contributed by atoms with Crippen molar-refractivity contribution in [3.8, 4) is 0 Å². The van der Waals surface area contributed by atoms with Gasteiger partial charge in [-0.15, -0.1) is 0 Å². The average molecular weight is 272 g/mol. The van der Waals surface area contributed by atoms with Crippen LogP contribution in [0.1, 0.15) is 5.56 Å². The lowest BCUT2D eigenvalue weighted by Gasteiger charge is -2.08. The quantitative estimate of drug-likeness (QED) is 0.840. The maximum Gasteiger partial charge on any atom is 0.224 e. The summed E-state index contributed by atoms with van der Waals surface area (Å²) in [4.78, 5) is 7.26. The first-order valence-electron chi connectivity index (χ1n) is 4.77. The predicted octanol–water partition coefficient (Wildman–Crippen LogP) is 3.97. The van der Waals surface area contributed by atoms with Crippen LogP contribution in [0.3, 0.4) is 0 Å². The lowest BCUT2D eigenvalue weighted by Crippen LogP contribution is -1.99. The van der Waals surface area contributed by atoms with Crippen LogP contribution in [0.5, 0.6) is 0 Å². The van der Waals surface area contributed by atoms with E-state index in [1.807, 2.05) is 13.0 Å². The molecule has 3 nitrogen and oxygen atoms in total. The number of hydrogen-bond donors (Lipinski definition) is 1. The molecule has 0 saturated heterocycles. The third-order valence-corrected chi connectivity index (χ3v) is 2.59. The van der Waals surface area contributed by atoms with Gasteiger partial charge < -0.3 is 5.32 Å². The van der Waals surface area contributed by atoms with Crippen LogP contribution in [0.2, 0.25) is 10.3 Å². The van der Waals surface area contributed by atoms with Crippen molar-refractivity contribution in [1.29, 1.82) is 0 Å². The Bertz CT molecular complexity index is 560. The van der Waals surface area contributed by atoms with Crippen LogP contribution >= 0.6 is 23.2 Å². The minimum absolute atomic E-state index is 0.00393. The van der Waals surface area contributed by atoms with E-state index in [-0.39, 0.29) is 11.1 Å². The standard InChI is InChI=1S/C11H8Cl2FN3/c1-6-2-3-9(7(12)4-6)16-10-8(14)5-15-11(13)17-10/h2-5H,1H3,(H,15,16,17). The zero-order valence-corrected chi connectivity index (χ0v) is 10.3. The average Bonchev–Trinajstić information content (AvgIpc) is 2.27. The summed E-state index contributed by atoms with van der Waals surface area (Å²) in [5.41, 5.74) is 1.58. The third kappa shape index (κ3) is 2.84. The van der Waals surface area contributed by atoms with Crippen LogP contribution in [-0.4, -0.2) is 9.97 Å². The maximum atomic E-state index is 13.4. The number of aromatic nitrogens is 2. The second-order valence-electron chi connectivity index (χ2n) is 3.44. The Labute approximate surface area is 108 Å². The van der Waals surface area contributed by atoms with E-state index in [2.05, 4.69) is 15.3 Å². The van der Waals surface area contributed by atoms with Crippen molar-refractivity contribution < 1.29 is 4.39 Å². The molecule has 17 heavy (non-hydrogen) atoms. The molecule has 0 atom stereocenters. The normalized spacial score (nSPS) is 10.4. The van der Waals surface area contributed by atoms with Gasteiger partial charge in [0.2, 0.25) is 5.28 Å². The fraction of sp³-hybridized carbons (Fsp3) is 0.0909. The molecule has 0 radical (unpaired) electrons.